The van der Waals surface area contributed by atoms with Gasteiger partial charge in [0.2, 0.25) is 10.0 Å². The molecule has 1 N–H and O–H groups in total. The molecule has 0 bridgehead atoms. The first-order valence-corrected chi connectivity index (χ1v) is 13.2. The minimum atomic E-state index is -3.17. The fourth-order valence-electron chi connectivity index (χ4n) is 4.59. The summed E-state index contributed by atoms with van der Waals surface area (Å²) in [5.74, 6) is 0. The fraction of sp³-hybridized carbons (Fsp3) is 0.370. The summed E-state index contributed by atoms with van der Waals surface area (Å²) in [4.78, 5) is 4.47. The highest BCUT2D eigenvalue weighted by molar-refractivity contribution is 7.90. The number of aromatic nitrogens is 2. The number of pyridine rings is 1. The number of hydrogen-bond acceptors (Lipinski definition) is 3. The molecule has 0 amide bonds. The van der Waals surface area contributed by atoms with Crippen LogP contribution in [0.4, 0.5) is 0 Å². The zero-order chi connectivity index (χ0) is 23.2. The average molecular weight is 462 g/mol. The third kappa shape index (κ3) is 4.68. The highest BCUT2D eigenvalue weighted by Gasteiger charge is 2.35. The lowest BCUT2D eigenvalue weighted by atomic mass is 9.87. The molecule has 0 unspecified atom stereocenters. The van der Waals surface area contributed by atoms with E-state index in [4.69, 9.17) is 0 Å². The monoisotopic (exact) mass is 461 g/mol. The van der Waals surface area contributed by atoms with Crippen LogP contribution in [-0.2, 0) is 23.0 Å². The molecule has 1 saturated carbocycles. The number of fused-ring (bicyclic) bond motifs is 2. The van der Waals surface area contributed by atoms with E-state index in [0.29, 0.717) is 13.1 Å². The van der Waals surface area contributed by atoms with Crippen LogP contribution in [0.15, 0.2) is 61.1 Å². The van der Waals surface area contributed by atoms with Gasteiger partial charge in [-0.2, -0.15) is 0 Å². The van der Waals surface area contributed by atoms with Crippen LogP contribution in [0.2, 0.25) is 0 Å². The molecule has 2 aromatic carbocycles. The van der Waals surface area contributed by atoms with Crippen molar-refractivity contribution in [3.05, 3.63) is 66.6 Å². The fourth-order valence-corrected chi connectivity index (χ4v) is 5.95. The number of hydrogen-bond donors (Lipinski definition) is 1. The van der Waals surface area contributed by atoms with Gasteiger partial charge in [-0.05, 0) is 53.3 Å². The second-order valence-electron chi connectivity index (χ2n) is 10.4. The Kier molecular flexibility index (Phi) is 5.53. The van der Waals surface area contributed by atoms with Gasteiger partial charge < -0.3 is 4.57 Å². The summed E-state index contributed by atoms with van der Waals surface area (Å²) < 4.78 is 29.4. The maximum Gasteiger partial charge on any atom is 0.214 e. The van der Waals surface area contributed by atoms with Gasteiger partial charge in [-0.1, -0.05) is 51.1 Å². The van der Waals surface area contributed by atoms with E-state index in [9.17, 15) is 8.42 Å². The average Bonchev–Trinajstić information content (AvgIpc) is 3.58. The van der Waals surface area contributed by atoms with Gasteiger partial charge in [0.1, 0.15) is 0 Å². The maximum atomic E-state index is 12.2. The van der Waals surface area contributed by atoms with E-state index in [0.717, 1.165) is 41.3 Å². The van der Waals surface area contributed by atoms with Crippen LogP contribution in [0, 0.1) is 5.41 Å². The van der Waals surface area contributed by atoms with Crippen molar-refractivity contribution >= 4 is 31.7 Å². The van der Waals surface area contributed by atoms with Crippen molar-refractivity contribution in [1.82, 2.24) is 14.3 Å². The molecule has 172 valence electrons. The minimum Gasteiger partial charge on any atom is -0.346 e. The highest BCUT2D eigenvalue weighted by atomic mass is 32.2. The summed E-state index contributed by atoms with van der Waals surface area (Å²) >= 11 is 0. The Hall–Kier alpha value is -2.70. The lowest BCUT2D eigenvalue weighted by Crippen LogP contribution is -2.30. The molecule has 0 atom stereocenters. The number of nitrogens with one attached hydrogen (secondary N) is 1. The van der Waals surface area contributed by atoms with E-state index in [1.54, 1.807) is 0 Å². The second kappa shape index (κ2) is 8.26. The van der Waals surface area contributed by atoms with E-state index in [1.165, 1.54) is 16.3 Å². The van der Waals surface area contributed by atoms with Crippen LogP contribution in [0.5, 0.6) is 0 Å². The number of sulfonamides is 1. The Morgan fingerprint density at radius 1 is 1.06 bits per heavy atom. The predicted octanol–water partition coefficient (Wildman–Crippen LogP) is 5.53. The summed E-state index contributed by atoms with van der Waals surface area (Å²) in [6, 6.07) is 14.9. The second-order valence-corrected chi connectivity index (χ2v) is 12.4. The SMILES string of the molecule is CC(C)(C)Cc1cn(CCNS(=O)(=O)C2CC2)c2ccc(-c3cncc4ccccc34)cc12. The van der Waals surface area contributed by atoms with Crippen molar-refractivity contribution in [1.29, 1.82) is 0 Å². The summed E-state index contributed by atoms with van der Waals surface area (Å²) in [5, 5.41) is 3.36. The van der Waals surface area contributed by atoms with Crippen LogP contribution in [0.1, 0.15) is 39.2 Å². The zero-order valence-corrected chi connectivity index (χ0v) is 20.3. The molecular weight excluding hydrogens is 430 g/mol. The molecular formula is C27H31N3O2S. The minimum absolute atomic E-state index is 0.143. The van der Waals surface area contributed by atoms with Crippen LogP contribution in [0.3, 0.4) is 0 Å². The predicted molar refractivity (Wildman–Crippen MR) is 136 cm³/mol. The van der Waals surface area contributed by atoms with Crippen molar-refractivity contribution in [3.63, 3.8) is 0 Å². The van der Waals surface area contributed by atoms with Gasteiger partial charge in [-0.15, -0.1) is 0 Å². The van der Waals surface area contributed by atoms with Gasteiger partial charge in [-0.3, -0.25) is 4.98 Å². The topological polar surface area (TPSA) is 64.0 Å². The molecule has 1 aliphatic rings. The van der Waals surface area contributed by atoms with Gasteiger partial charge >= 0.3 is 0 Å². The van der Waals surface area contributed by atoms with Crippen molar-refractivity contribution in [2.75, 3.05) is 6.54 Å². The molecule has 2 heterocycles. The Morgan fingerprint density at radius 3 is 2.61 bits per heavy atom. The smallest absolute Gasteiger partial charge is 0.214 e. The first-order chi connectivity index (χ1) is 15.7. The molecule has 0 radical (unpaired) electrons. The molecule has 1 aliphatic carbocycles. The standard InChI is InChI=1S/C27H31N3O2S/c1-27(2,3)15-21-18-30(13-12-29-33(31,32)22-9-10-22)26-11-8-19(14-24(21)26)25-17-28-16-20-6-4-5-7-23(20)25/h4-8,11,14,16-18,22,29H,9-10,12-13,15H2,1-3H3. The Morgan fingerprint density at radius 2 is 1.85 bits per heavy atom. The quantitative estimate of drug-likeness (QED) is 0.394. The summed E-state index contributed by atoms with van der Waals surface area (Å²) in [7, 11) is -3.17. The van der Waals surface area contributed by atoms with Gasteiger partial charge in [0.15, 0.2) is 0 Å². The van der Waals surface area contributed by atoms with Crippen LogP contribution < -0.4 is 4.72 Å². The number of nitrogens with zero attached hydrogens (tertiary/aromatic N) is 2. The van der Waals surface area contributed by atoms with Crippen molar-refractivity contribution in [2.24, 2.45) is 5.41 Å². The maximum absolute atomic E-state index is 12.2. The first kappa shape index (κ1) is 22.1. The zero-order valence-electron chi connectivity index (χ0n) is 19.5. The van der Waals surface area contributed by atoms with E-state index < -0.39 is 10.0 Å². The third-order valence-electron chi connectivity index (χ3n) is 6.28. The molecule has 0 saturated heterocycles. The largest absolute Gasteiger partial charge is 0.346 e. The number of rotatable bonds is 7. The van der Waals surface area contributed by atoms with Gasteiger partial charge in [0, 0.05) is 53.5 Å². The van der Waals surface area contributed by atoms with E-state index >= 15 is 0 Å². The highest BCUT2D eigenvalue weighted by Crippen LogP contribution is 2.34. The Balaban J connectivity index is 1.53. The summed E-state index contributed by atoms with van der Waals surface area (Å²) in [6.07, 6.45) is 8.55. The Labute approximate surface area is 195 Å². The van der Waals surface area contributed by atoms with Crippen LogP contribution in [0.25, 0.3) is 32.8 Å². The third-order valence-corrected chi connectivity index (χ3v) is 8.24. The lowest BCUT2D eigenvalue weighted by molar-refractivity contribution is 0.412. The first-order valence-electron chi connectivity index (χ1n) is 11.6. The molecule has 2 aromatic heterocycles. The van der Waals surface area contributed by atoms with E-state index in [2.05, 4.69) is 77.6 Å². The van der Waals surface area contributed by atoms with E-state index in [1.807, 2.05) is 18.5 Å². The van der Waals surface area contributed by atoms with Gasteiger partial charge in [0.05, 0.1) is 5.25 Å². The molecule has 5 nitrogen and oxygen atoms in total. The molecule has 0 spiro atoms. The summed E-state index contributed by atoms with van der Waals surface area (Å²) in [5.41, 5.74) is 4.84. The van der Waals surface area contributed by atoms with Crippen molar-refractivity contribution in [2.45, 2.75) is 51.8 Å². The molecule has 0 aliphatic heterocycles. The van der Waals surface area contributed by atoms with Crippen molar-refractivity contribution in [3.8, 4) is 11.1 Å². The number of benzene rings is 2. The summed E-state index contributed by atoms with van der Waals surface area (Å²) in [6.45, 7) is 7.77. The van der Waals surface area contributed by atoms with Crippen LogP contribution in [-0.4, -0.2) is 29.8 Å². The molecule has 5 rings (SSSR count). The van der Waals surface area contributed by atoms with Gasteiger partial charge in [0.25, 0.3) is 0 Å². The molecule has 6 heteroatoms. The van der Waals surface area contributed by atoms with Crippen molar-refractivity contribution < 1.29 is 8.42 Å². The molecule has 4 aromatic rings. The van der Waals surface area contributed by atoms with Gasteiger partial charge in [-0.25, -0.2) is 13.1 Å². The molecule has 33 heavy (non-hydrogen) atoms. The lowest BCUT2D eigenvalue weighted by Gasteiger charge is -2.17. The molecule has 1 fully saturated rings. The Bertz CT molecular complexity index is 1420. The normalized spacial score (nSPS) is 14.9. The van der Waals surface area contributed by atoms with E-state index in [-0.39, 0.29) is 10.7 Å². The van der Waals surface area contributed by atoms with Crippen LogP contribution >= 0.6 is 0 Å².